The Bertz CT molecular complexity index is 810. The highest BCUT2D eigenvalue weighted by Crippen LogP contribution is 2.31. The monoisotopic (exact) mass is 390 g/mol. The summed E-state index contributed by atoms with van der Waals surface area (Å²) < 4.78 is 0.860. The first-order chi connectivity index (χ1) is 11.1. The smallest absolute Gasteiger partial charge is 0.271 e. The first kappa shape index (κ1) is 18.1. The van der Waals surface area contributed by atoms with Crippen molar-refractivity contribution >= 4 is 33.2 Å². The normalized spacial score (nSPS) is 11.2. The van der Waals surface area contributed by atoms with Crippen molar-refractivity contribution < 1.29 is 9.72 Å². The van der Waals surface area contributed by atoms with E-state index in [-0.39, 0.29) is 17.0 Å². The van der Waals surface area contributed by atoms with Gasteiger partial charge in [0.2, 0.25) is 0 Å². The summed E-state index contributed by atoms with van der Waals surface area (Å²) in [5.41, 5.74) is 2.70. The van der Waals surface area contributed by atoms with Crippen molar-refractivity contribution in [3.63, 3.8) is 0 Å². The van der Waals surface area contributed by atoms with Crippen LogP contribution < -0.4 is 5.32 Å². The van der Waals surface area contributed by atoms with E-state index in [0.717, 1.165) is 15.6 Å². The predicted octanol–water partition coefficient (Wildman–Crippen LogP) is 5.22. The zero-order valence-corrected chi connectivity index (χ0v) is 15.6. The van der Waals surface area contributed by atoms with E-state index in [0.29, 0.717) is 11.3 Å². The van der Waals surface area contributed by atoms with Crippen LogP contribution in [0.3, 0.4) is 0 Å². The summed E-state index contributed by atoms with van der Waals surface area (Å²) in [6.07, 6.45) is 0. The maximum absolute atomic E-state index is 12.5. The number of anilines is 1. The topological polar surface area (TPSA) is 72.2 Å². The molecule has 126 valence electrons. The lowest BCUT2D eigenvalue weighted by molar-refractivity contribution is -0.384. The molecular weight excluding hydrogens is 372 g/mol. The molecule has 0 aliphatic carbocycles. The van der Waals surface area contributed by atoms with Gasteiger partial charge in [-0.25, -0.2) is 0 Å². The number of non-ortho nitro benzene ring substituents is 1. The third-order valence-electron chi connectivity index (χ3n) is 3.72. The van der Waals surface area contributed by atoms with Crippen LogP contribution in [-0.2, 0) is 5.41 Å². The Balaban J connectivity index is 2.29. The number of rotatable bonds is 3. The quantitative estimate of drug-likeness (QED) is 0.576. The highest BCUT2D eigenvalue weighted by Gasteiger charge is 2.19. The zero-order valence-electron chi connectivity index (χ0n) is 14.0. The van der Waals surface area contributed by atoms with Crippen LogP contribution in [0.25, 0.3) is 0 Å². The number of hydrogen-bond donors (Lipinski definition) is 1. The van der Waals surface area contributed by atoms with Crippen LogP contribution in [0.4, 0.5) is 11.4 Å². The van der Waals surface area contributed by atoms with Gasteiger partial charge in [-0.05, 0) is 35.6 Å². The SMILES string of the molecule is Cc1ccc([N+](=O)[O-])cc1NC(=O)c1ccc(C(C)(C)C)c(Br)c1. The molecular formula is C18H19BrN2O3. The van der Waals surface area contributed by atoms with E-state index in [4.69, 9.17) is 0 Å². The lowest BCUT2D eigenvalue weighted by atomic mass is 9.86. The molecule has 1 amide bonds. The molecule has 0 heterocycles. The molecule has 6 heteroatoms. The van der Waals surface area contributed by atoms with Crippen LogP contribution in [-0.4, -0.2) is 10.8 Å². The maximum Gasteiger partial charge on any atom is 0.271 e. The second kappa shape index (κ2) is 6.73. The van der Waals surface area contributed by atoms with E-state index in [9.17, 15) is 14.9 Å². The van der Waals surface area contributed by atoms with Crippen LogP contribution in [0.5, 0.6) is 0 Å². The fraction of sp³-hybridized carbons (Fsp3) is 0.278. The van der Waals surface area contributed by atoms with E-state index in [1.54, 1.807) is 25.1 Å². The second-order valence-corrected chi connectivity index (χ2v) is 7.51. The Labute approximate surface area is 149 Å². The lowest BCUT2D eigenvalue weighted by Gasteiger charge is -2.21. The van der Waals surface area contributed by atoms with Crippen molar-refractivity contribution in [3.05, 3.63) is 67.7 Å². The van der Waals surface area contributed by atoms with Gasteiger partial charge in [-0.1, -0.05) is 48.8 Å². The van der Waals surface area contributed by atoms with Crippen LogP contribution in [0.1, 0.15) is 42.3 Å². The van der Waals surface area contributed by atoms with E-state index >= 15 is 0 Å². The van der Waals surface area contributed by atoms with E-state index in [1.807, 2.05) is 6.07 Å². The number of nitro groups is 1. The Morgan fingerprint density at radius 3 is 2.38 bits per heavy atom. The number of nitro benzene ring substituents is 1. The fourth-order valence-electron chi connectivity index (χ4n) is 2.32. The Hall–Kier alpha value is -2.21. The Morgan fingerprint density at radius 2 is 1.83 bits per heavy atom. The summed E-state index contributed by atoms with van der Waals surface area (Å²) in [5, 5.41) is 13.6. The van der Waals surface area contributed by atoms with Gasteiger partial charge in [-0.2, -0.15) is 0 Å². The van der Waals surface area contributed by atoms with Gasteiger partial charge in [0.05, 0.1) is 10.6 Å². The van der Waals surface area contributed by atoms with Crippen molar-refractivity contribution in [1.29, 1.82) is 0 Å². The maximum atomic E-state index is 12.5. The fourth-order valence-corrected chi connectivity index (χ4v) is 3.29. The molecule has 0 spiro atoms. The van der Waals surface area contributed by atoms with Crippen molar-refractivity contribution in [2.75, 3.05) is 5.32 Å². The largest absolute Gasteiger partial charge is 0.321 e. The lowest BCUT2D eigenvalue weighted by Crippen LogP contribution is -2.15. The molecule has 0 radical (unpaired) electrons. The molecule has 0 saturated heterocycles. The minimum Gasteiger partial charge on any atom is -0.321 e. The molecule has 5 nitrogen and oxygen atoms in total. The number of amides is 1. The molecule has 2 rings (SSSR count). The third-order valence-corrected chi connectivity index (χ3v) is 4.38. The summed E-state index contributed by atoms with van der Waals surface area (Å²) in [7, 11) is 0. The van der Waals surface area contributed by atoms with Crippen LogP contribution in [0.15, 0.2) is 40.9 Å². The Morgan fingerprint density at radius 1 is 1.17 bits per heavy atom. The van der Waals surface area contributed by atoms with Gasteiger partial charge in [-0.3, -0.25) is 14.9 Å². The number of nitrogens with one attached hydrogen (secondary N) is 1. The molecule has 0 saturated carbocycles. The van der Waals surface area contributed by atoms with Crippen molar-refractivity contribution in [1.82, 2.24) is 0 Å². The number of carbonyl (C=O) groups is 1. The molecule has 1 N–H and O–H groups in total. The molecule has 24 heavy (non-hydrogen) atoms. The molecule has 2 aromatic carbocycles. The predicted molar refractivity (Wildman–Crippen MR) is 98.6 cm³/mol. The van der Waals surface area contributed by atoms with Gasteiger partial charge in [0, 0.05) is 22.2 Å². The summed E-state index contributed by atoms with van der Waals surface area (Å²) in [6.45, 7) is 8.08. The molecule has 2 aromatic rings. The van der Waals surface area contributed by atoms with Crippen LogP contribution in [0.2, 0.25) is 0 Å². The van der Waals surface area contributed by atoms with Gasteiger partial charge in [0.15, 0.2) is 0 Å². The number of nitrogens with zero attached hydrogens (tertiary/aromatic N) is 1. The summed E-state index contributed by atoms with van der Waals surface area (Å²) in [5.74, 6) is -0.306. The zero-order chi connectivity index (χ0) is 18.1. The van der Waals surface area contributed by atoms with Gasteiger partial charge >= 0.3 is 0 Å². The first-order valence-electron chi connectivity index (χ1n) is 7.46. The first-order valence-corrected chi connectivity index (χ1v) is 8.25. The number of hydrogen-bond acceptors (Lipinski definition) is 3. The van der Waals surface area contributed by atoms with Crippen molar-refractivity contribution in [2.24, 2.45) is 0 Å². The van der Waals surface area contributed by atoms with Crippen molar-refractivity contribution in [3.8, 4) is 0 Å². The third kappa shape index (κ3) is 4.00. The second-order valence-electron chi connectivity index (χ2n) is 6.66. The highest BCUT2D eigenvalue weighted by atomic mass is 79.9. The highest BCUT2D eigenvalue weighted by molar-refractivity contribution is 9.10. The molecule has 0 unspecified atom stereocenters. The molecule has 0 aromatic heterocycles. The molecule has 0 bridgehead atoms. The van der Waals surface area contributed by atoms with Crippen molar-refractivity contribution in [2.45, 2.75) is 33.1 Å². The summed E-state index contributed by atoms with van der Waals surface area (Å²) in [6, 6.07) is 9.84. The molecule has 0 aliphatic heterocycles. The minimum atomic E-state index is -0.482. The molecule has 0 aliphatic rings. The van der Waals surface area contributed by atoms with Crippen LogP contribution in [0, 0.1) is 17.0 Å². The number of benzene rings is 2. The minimum absolute atomic E-state index is 0.0372. The van der Waals surface area contributed by atoms with E-state index in [2.05, 4.69) is 42.0 Å². The van der Waals surface area contributed by atoms with E-state index < -0.39 is 4.92 Å². The van der Waals surface area contributed by atoms with E-state index in [1.165, 1.54) is 12.1 Å². The molecule has 0 atom stereocenters. The number of aryl methyl sites for hydroxylation is 1. The van der Waals surface area contributed by atoms with Gasteiger partial charge in [0.25, 0.3) is 11.6 Å². The average Bonchev–Trinajstić information content (AvgIpc) is 2.47. The summed E-state index contributed by atoms with van der Waals surface area (Å²) in [4.78, 5) is 22.9. The average molecular weight is 391 g/mol. The molecule has 0 fully saturated rings. The van der Waals surface area contributed by atoms with Gasteiger partial charge in [-0.15, -0.1) is 0 Å². The Kier molecular flexibility index (Phi) is 5.08. The number of halogens is 1. The number of carbonyl (C=O) groups excluding carboxylic acids is 1. The van der Waals surface area contributed by atoms with Gasteiger partial charge < -0.3 is 5.32 Å². The standard InChI is InChI=1S/C18H19BrN2O3/c1-11-5-7-13(21(23)24)10-16(11)20-17(22)12-6-8-14(15(19)9-12)18(2,3)4/h5-10H,1-4H3,(H,20,22). The summed E-state index contributed by atoms with van der Waals surface area (Å²) >= 11 is 3.51. The van der Waals surface area contributed by atoms with Crippen LogP contribution >= 0.6 is 15.9 Å². The van der Waals surface area contributed by atoms with Gasteiger partial charge in [0.1, 0.15) is 0 Å².